The highest BCUT2D eigenvalue weighted by Crippen LogP contribution is 2.32. The summed E-state index contributed by atoms with van der Waals surface area (Å²) in [4.78, 5) is 13.8. The Kier molecular flexibility index (Phi) is 4.95. The molecule has 1 saturated heterocycles. The van der Waals surface area contributed by atoms with E-state index in [1.807, 2.05) is 32.9 Å². The Morgan fingerprint density at radius 1 is 1.42 bits per heavy atom. The number of nitrogen functional groups attached to an aromatic ring is 1. The van der Waals surface area contributed by atoms with Crippen LogP contribution in [-0.2, 0) is 16.1 Å². The van der Waals surface area contributed by atoms with Crippen LogP contribution in [0.2, 0.25) is 0 Å². The molecule has 0 spiro atoms. The monoisotopic (exact) mass is 363 g/mol. The molecule has 0 saturated carbocycles. The maximum absolute atomic E-state index is 12.1. The number of amides is 1. The summed E-state index contributed by atoms with van der Waals surface area (Å²) in [6, 6.07) is 3.69. The van der Waals surface area contributed by atoms with Crippen LogP contribution < -0.4 is 10.5 Å². The highest BCUT2D eigenvalue weighted by Gasteiger charge is 2.30. The van der Waals surface area contributed by atoms with Crippen LogP contribution in [0.25, 0.3) is 11.0 Å². The summed E-state index contributed by atoms with van der Waals surface area (Å²) in [6.07, 6.45) is 0.432. The van der Waals surface area contributed by atoms with Crippen molar-refractivity contribution in [2.24, 2.45) is 0 Å². The van der Waals surface area contributed by atoms with Gasteiger partial charge >= 0.3 is 6.09 Å². The molecule has 1 aliphatic heterocycles. The van der Waals surface area contributed by atoms with Crippen molar-refractivity contribution >= 4 is 22.9 Å². The molecule has 1 aromatic carbocycles. The zero-order valence-corrected chi connectivity index (χ0v) is 15.6. The van der Waals surface area contributed by atoms with Gasteiger partial charge < -0.3 is 29.4 Å². The van der Waals surface area contributed by atoms with E-state index in [2.05, 4.69) is 5.16 Å². The molecule has 0 bridgehead atoms. The third-order valence-electron chi connectivity index (χ3n) is 4.13. The van der Waals surface area contributed by atoms with Crippen molar-refractivity contribution in [3.8, 4) is 5.75 Å². The first-order valence-electron chi connectivity index (χ1n) is 8.58. The Hall–Kier alpha value is -2.48. The number of likely N-dealkylation sites (tertiary alicyclic amines) is 1. The fourth-order valence-electron chi connectivity index (χ4n) is 2.93. The third-order valence-corrected chi connectivity index (χ3v) is 4.13. The number of anilines is 1. The van der Waals surface area contributed by atoms with Gasteiger partial charge in [-0.05, 0) is 44.9 Å². The molecule has 26 heavy (non-hydrogen) atoms. The summed E-state index contributed by atoms with van der Waals surface area (Å²) in [6.45, 7) is 7.09. The molecule has 142 valence electrons. The predicted octanol–water partition coefficient (Wildman–Crippen LogP) is 2.94. The molecule has 3 rings (SSSR count). The second-order valence-electron chi connectivity index (χ2n) is 7.39. The van der Waals surface area contributed by atoms with Crippen molar-refractivity contribution in [2.75, 3.05) is 25.9 Å². The summed E-state index contributed by atoms with van der Waals surface area (Å²) in [5.74, 6) is 0.898. The third kappa shape index (κ3) is 4.01. The van der Waals surface area contributed by atoms with Crippen molar-refractivity contribution in [3.63, 3.8) is 0 Å². The number of nitrogens with two attached hydrogens (primary N) is 1. The smallest absolute Gasteiger partial charge is 0.410 e. The van der Waals surface area contributed by atoms with Crippen LogP contribution in [0.15, 0.2) is 16.7 Å². The van der Waals surface area contributed by atoms with Crippen molar-refractivity contribution < 1.29 is 23.5 Å². The number of carbonyl (C=O) groups excluding carboxylic acids is 1. The molecule has 1 atom stereocenters. The van der Waals surface area contributed by atoms with Gasteiger partial charge in [-0.3, -0.25) is 0 Å². The first-order valence-corrected chi connectivity index (χ1v) is 8.58. The van der Waals surface area contributed by atoms with E-state index in [-0.39, 0.29) is 12.2 Å². The van der Waals surface area contributed by atoms with Crippen LogP contribution in [0.1, 0.15) is 32.8 Å². The SMILES string of the molecule is COc1cc(CO[C@@H]2CCN(C(=O)OC(C)(C)C)C2)cc2onc(N)c12. The van der Waals surface area contributed by atoms with Crippen LogP contribution in [0.3, 0.4) is 0 Å². The Balaban J connectivity index is 1.60. The van der Waals surface area contributed by atoms with Gasteiger partial charge in [0.25, 0.3) is 0 Å². The number of carbonyl (C=O) groups is 1. The minimum Gasteiger partial charge on any atom is -0.496 e. The number of ether oxygens (including phenoxy) is 3. The van der Waals surface area contributed by atoms with E-state index in [1.54, 1.807) is 12.0 Å². The molecule has 0 unspecified atom stereocenters. The topological polar surface area (TPSA) is 100 Å². The van der Waals surface area contributed by atoms with Gasteiger partial charge in [0.05, 0.1) is 26.4 Å². The summed E-state index contributed by atoms with van der Waals surface area (Å²) in [5, 5.41) is 4.43. The Labute approximate surface area is 152 Å². The number of fused-ring (bicyclic) bond motifs is 1. The molecule has 2 aromatic rings. The standard InChI is InChI=1S/C18H25N3O5/c1-18(2,3)25-17(22)21-6-5-12(9-21)24-10-11-7-13(23-4)15-14(8-11)26-20-16(15)19/h7-8,12H,5-6,9-10H2,1-4H3,(H2,19,20)/t12-/m1/s1. The largest absolute Gasteiger partial charge is 0.496 e. The second kappa shape index (κ2) is 7.03. The van der Waals surface area contributed by atoms with Gasteiger partial charge in [0.15, 0.2) is 11.4 Å². The van der Waals surface area contributed by atoms with E-state index in [0.717, 1.165) is 12.0 Å². The van der Waals surface area contributed by atoms with Crippen molar-refractivity contribution in [1.29, 1.82) is 0 Å². The van der Waals surface area contributed by atoms with E-state index >= 15 is 0 Å². The van der Waals surface area contributed by atoms with E-state index in [9.17, 15) is 4.79 Å². The van der Waals surface area contributed by atoms with Crippen LogP contribution in [0, 0.1) is 0 Å². The fraction of sp³-hybridized carbons (Fsp3) is 0.556. The van der Waals surface area contributed by atoms with E-state index in [1.165, 1.54) is 0 Å². The van der Waals surface area contributed by atoms with Gasteiger partial charge in [-0.1, -0.05) is 5.16 Å². The fourth-order valence-corrected chi connectivity index (χ4v) is 2.93. The predicted molar refractivity (Wildman–Crippen MR) is 96.0 cm³/mol. The zero-order valence-electron chi connectivity index (χ0n) is 15.6. The number of rotatable bonds is 4. The molecule has 1 aromatic heterocycles. The minimum atomic E-state index is -0.499. The molecular formula is C18H25N3O5. The molecule has 2 heterocycles. The number of methoxy groups -OCH3 is 1. The average molecular weight is 363 g/mol. The quantitative estimate of drug-likeness (QED) is 0.891. The number of aromatic nitrogens is 1. The van der Waals surface area contributed by atoms with Gasteiger partial charge in [0.1, 0.15) is 16.7 Å². The molecule has 2 N–H and O–H groups in total. The summed E-state index contributed by atoms with van der Waals surface area (Å²) in [5.41, 5.74) is 6.75. The van der Waals surface area contributed by atoms with E-state index < -0.39 is 5.60 Å². The van der Waals surface area contributed by atoms with Gasteiger partial charge in [-0.2, -0.15) is 0 Å². The maximum atomic E-state index is 12.1. The maximum Gasteiger partial charge on any atom is 0.410 e. The van der Waals surface area contributed by atoms with Crippen molar-refractivity contribution in [3.05, 3.63) is 17.7 Å². The molecule has 0 aliphatic carbocycles. The lowest BCUT2D eigenvalue weighted by atomic mass is 10.1. The molecular weight excluding hydrogens is 338 g/mol. The summed E-state index contributed by atoms with van der Waals surface area (Å²) >= 11 is 0. The number of hydrogen-bond acceptors (Lipinski definition) is 7. The Morgan fingerprint density at radius 2 is 2.19 bits per heavy atom. The zero-order chi connectivity index (χ0) is 18.9. The number of nitrogens with zero attached hydrogens (tertiary/aromatic N) is 2. The highest BCUT2D eigenvalue weighted by molar-refractivity contribution is 5.93. The number of hydrogen-bond donors (Lipinski definition) is 1. The van der Waals surface area contributed by atoms with Crippen LogP contribution in [0.4, 0.5) is 10.6 Å². The Bertz CT molecular complexity index is 796. The summed E-state index contributed by atoms with van der Waals surface area (Å²) < 4.78 is 21.9. The molecule has 0 radical (unpaired) electrons. The molecule has 1 amide bonds. The van der Waals surface area contributed by atoms with E-state index in [4.69, 9.17) is 24.5 Å². The average Bonchev–Trinajstić information content (AvgIpc) is 3.18. The molecule has 8 heteroatoms. The number of benzene rings is 1. The molecule has 1 fully saturated rings. The molecule has 8 nitrogen and oxygen atoms in total. The lowest BCUT2D eigenvalue weighted by Crippen LogP contribution is -2.36. The molecule has 1 aliphatic rings. The first-order chi connectivity index (χ1) is 12.3. The second-order valence-corrected chi connectivity index (χ2v) is 7.39. The van der Waals surface area contributed by atoms with Crippen LogP contribution in [0.5, 0.6) is 5.75 Å². The minimum absolute atomic E-state index is 0.0380. The van der Waals surface area contributed by atoms with Gasteiger partial charge in [0.2, 0.25) is 0 Å². The van der Waals surface area contributed by atoms with Crippen molar-refractivity contribution in [1.82, 2.24) is 10.1 Å². The van der Waals surface area contributed by atoms with Gasteiger partial charge in [-0.25, -0.2) is 4.79 Å². The summed E-state index contributed by atoms with van der Waals surface area (Å²) in [7, 11) is 1.57. The lowest BCUT2D eigenvalue weighted by molar-refractivity contribution is 0.0184. The van der Waals surface area contributed by atoms with Crippen molar-refractivity contribution in [2.45, 2.75) is 45.5 Å². The lowest BCUT2D eigenvalue weighted by Gasteiger charge is -2.24. The van der Waals surface area contributed by atoms with Crippen LogP contribution in [-0.4, -0.2) is 48.1 Å². The van der Waals surface area contributed by atoms with Crippen LogP contribution >= 0.6 is 0 Å². The normalized spacial score (nSPS) is 17.7. The highest BCUT2D eigenvalue weighted by atomic mass is 16.6. The van der Waals surface area contributed by atoms with Gasteiger partial charge in [-0.15, -0.1) is 0 Å². The van der Waals surface area contributed by atoms with E-state index in [0.29, 0.717) is 42.2 Å². The first kappa shape index (κ1) is 18.3. The van der Waals surface area contributed by atoms with Gasteiger partial charge in [0, 0.05) is 6.54 Å². The Morgan fingerprint density at radius 3 is 2.88 bits per heavy atom.